The lowest BCUT2D eigenvalue weighted by molar-refractivity contribution is -0.122. The lowest BCUT2D eigenvalue weighted by atomic mass is 9.83. The largest absolute Gasteiger partial charge is 0.392 e. The molecule has 0 bridgehead atoms. The van der Waals surface area contributed by atoms with Crippen molar-refractivity contribution in [2.45, 2.75) is 81.5 Å². The molecule has 134 valence electrons. The van der Waals surface area contributed by atoms with Crippen LogP contribution in [-0.4, -0.2) is 59.3 Å². The predicted molar refractivity (Wildman–Crippen MR) is 91.2 cm³/mol. The molecular weight excluding hydrogens is 304 g/mol. The summed E-state index contributed by atoms with van der Waals surface area (Å²) in [6.07, 6.45) is 8.77. The molecule has 24 heavy (non-hydrogen) atoms. The first-order chi connectivity index (χ1) is 11.6. The molecule has 0 aromatic carbocycles. The van der Waals surface area contributed by atoms with Gasteiger partial charge in [-0.15, -0.1) is 0 Å². The summed E-state index contributed by atoms with van der Waals surface area (Å²) in [5.74, 6) is -0.0643. The number of rotatable bonds is 5. The van der Waals surface area contributed by atoms with Gasteiger partial charge < -0.3 is 15.7 Å². The van der Waals surface area contributed by atoms with E-state index in [4.69, 9.17) is 0 Å². The van der Waals surface area contributed by atoms with Crippen LogP contribution in [-0.2, 0) is 4.79 Å². The Morgan fingerprint density at radius 1 is 1.21 bits per heavy atom. The van der Waals surface area contributed by atoms with Crippen LogP contribution in [0.3, 0.4) is 0 Å². The molecule has 3 N–H and O–H groups in total. The maximum absolute atomic E-state index is 12.3. The number of carbonyl (C=O) groups is 1. The molecule has 3 aliphatic rings. The van der Waals surface area contributed by atoms with E-state index in [0.29, 0.717) is 12.1 Å². The predicted octanol–water partition coefficient (Wildman–Crippen LogP) is 0.906. The molecular formula is C18H30N4O2. The average molecular weight is 334 g/mol. The fraction of sp³-hybridized carbons (Fsp3) is 0.889. The van der Waals surface area contributed by atoms with Crippen molar-refractivity contribution in [2.75, 3.05) is 19.6 Å². The van der Waals surface area contributed by atoms with Gasteiger partial charge in [0.15, 0.2) is 0 Å². The molecule has 0 spiro atoms. The van der Waals surface area contributed by atoms with Crippen LogP contribution in [0.4, 0.5) is 0 Å². The zero-order chi connectivity index (χ0) is 17.0. The summed E-state index contributed by atoms with van der Waals surface area (Å²) in [6, 6.07) is 3.08. The summed E-state index contributed by atoms with van der Waals surface area (Å²) in [7, 11) is 0. The quantitative estimate of drug-likeness (QED) is 0.695. The molecule has 1 saturated heterocycles. The third-order valence-electron chi connectivity index (χ3n) is 5.97. The number of hydrogen-bond donors (Lipinski definition) is 3. The normalized spacial score (nSPS) is 33.2. The summed E-state index contributed by atoms with van der Waals surface area (Å²) in [4.78, 5) is 14.7. The second-order valence-corrected chi connectivity index (χ2v) is 7.73. The van der Waals surface area contributed by atoms with E-state index in [0.717, 1.165) is 64.5 Å². The van der Waals surface area contributed by atoms with E-state index < -0.39 is 5.54 Å². The molecule has 3 fully saturated rings. The number of amides is 1. The second kappa shape index (κ2) is 7.81. The van der Waals surface area contributed by atoms with Crippen molar-refractivity contribution in [2.24, 2.45) is 0 Å². The van der Waals surface area contributed by atoms with Gasteiger partial charge in [-0.3, -0.25) is 9.69 Å². The number of β-amino-alcohol motifs (C(OH)–C–C–N with tert-alkyl or cyclic N) is 1. The van der Waals surface area contributed by atoms with Crippen molar-refractivity contribution >= 4 is 5.91 Å². The van der Waals surface area contributed by atoms with E-state index in [1.807, 2.05) is 0 Å². The van der Waals surface area contributed by atoms with E-state index in [-0.39, 0.29) is 18.6 Å². The number of nitrogens with one attached hydrogen (secondary N) is 2. The third kappa shape index (κ3) is 4.08. The van der Waals surface area contributed by atoms with E-state index in [9.17, 15) is 15.2 Å². The standard InChI is InChI=1S/C18H30N4O2/c19-13-18(8-2-1-3-9-18)21-17(24)11-20-15-5-4-6-16(15)22-10-7-14(23)12-22/h14-16,20,23H,1-12H2,(H,21,24)/t14?,15-,16+/m1/s1. The smallest absolute Gasteiger partial charge is 0.235 e. The Bertz CT molecular complexity index is 484. The number of nitrogens with zero attached hydrogens (tertiary/aromatic N) is 2. The number of nitriles is 1. The second-order valence-electron chi connectivity index (χ2n) is 7.73. The van der Waals surface area contributed by atoms with Crippen molar-refractivity contribution in [3.63, 3.8) is 0 Å². The Hall–Kier alpha value is -1.16. The molecule has 2 saturated carbocycles. The van der Waals surface area contributed by atoms with Crippen LogP contribution in [0.25, 0.3) is 0 Å². The zero-order valence-corrected chi connectivity index (χ0v) is 14.5. The van der Waals surface area contributed by atoms with Crippen LogP contribution in [0.2, 0.25) is 0 Å². The van der Waals surface area contributed by atoms with Gasteiger partial charge in [-0.1, -0.05) is 25.7 Å². The van der Waals surface area contributed by atoms with Gasteiger partial charge in [-0.05, 0) is 32.1 Å². The first kappa shape index (κ1) is 17.7. The van der Waals surface area contributed by atoms with Crippen molar-refractivity contribution < 1.29 is 9.90 Å². The Morgan fingerprint density at radius 2 is 2.00 bits per heavy atom. The molecule has 1 unspecified atom stereocenters. The highest BCUT2D eigenvalue weighted by Gasteiger charge is 2.37. The average Bonchev–Trinajstić information content (AvgIpc) is 3.22. The van der Waals surface area contributed by atoms with Gasteiger partial charge in [0.05, 0.1) is 18.7 Å². The molecule has 1 aliphatic heterocycles. The van der Waals surface area contributed by atoms with E-state index >= 15 is 0 Å². The SMILES string of the molecule is N#CC1(NC(=O)CN[C@@H]2CCC[C@@H]2N2CCC(O)C2)CCCCC1. The van der Waals surface area contributed by atoms with Crippen molar-refractivity contribution in [1.29, 1.82) is 5.26 Å². The number of likely N-dealkylation sites (tertiary alicyclic amines) is 1. The summed E-state index contributed by atoms with van der Waals surface area (Å²) in [5, 5.41) is 25.6. The van der Waals surface area contributed by atoms with Gasteiger partial charge >= 0.3 is 0 Å². The van der Waals surface area contributed by atoms with Crippen LogP contribution in [0.15, 0.2) is 0 Å². The van der Waals surface area contributed by atoms with Crippen LogP contribution in [0.5, 0.6) is 0 Å². The van der Waals surface area contributed by atoms with Gasteiger partial charge in [0.2, 0.25) is 5.91 Å². The third-order valence-corrected chi connectivity index (χ3v) is 5.97. The molecule has 1 heterocycles. The molecule has 2 aliphatic carbocycles. The molecule has 6 heteroatoms. The highest BCUT2D eigenvalue weighted by atomic mass is 16.3. The molecule has 0 aromatic rings. The van der Waals surface area contributed by atoms with E-state index in [2.05, 4.69) is 21.6 Å². The van der Waals surface area contributed by atoms with Crippen LogP contribution in [0.1, 0.15) is 57.8 Å². The monoisotopic (exact) mass is 334 g/mol. The molecule has 0 aromatic heterocycles. The summed E-state index contributed by atoms with van der Waals surface area (Å²) >= 11 is 0. The Kier molecular flexibility index (Phi) is 5.75. The maximum atomic E-state index is 12.3. The van der Waals surface area contributed by atoms with Gasteiger partial charge in [0, 0.05) is 25.2 Å². The summed E-state index contributed by atoms with van der Waals surface area (Å²) in [5.41, 5.74) is -0.648. The first-order valence-corrected chi connectivity index (χ1v) is 9.50. The van der Waals surface area contributed by atoms with Gasteiger partial charge in [0.25, 0.3) is 0 Å². The lowest BCUT2D eigenvalue weighted by Crippen LogP contribution is -2.53. The fourth-order valence-electron chi connectivity index (χ4n) is 4.64. The minimum absolute atomic E-state index is 0.0643. The topological polar surface area (TPSA) is 88.4 Å². The summed E-state index contributed by atoms with van der Waals surface area (Å²) < 4.78 is 0. The number of aliphatic hydroxyl groups excluding tert-OH is 1. The van der Waals surface area contributed by atoms with Crippen LogP contribution >= 0.6 is 0 Å². The summed E-state index contributed by atoms with van der Waals surface area (Å²) in [6.45, 7) is 1.99. The lowest BCUT2D eigenvalue weighted by Gasteiger charge is -2.32. The zero-order valence-electron chi connectivity index (χ0n) is 14.5. The Morgan fingerprint density at radius 3 is 2.67 bits per heavy atom. The maximum Gasteiger partial charge on any atom is 0.235 e. The molecule has 3 rings (SSSR count). The van der Waals surface area contributed by atoms with Crippen molar-refractivity contribution in [3.05, 3.63) is 0 Å². The first-order valence-electron chi connectivity index (χ1n) is 9.50. The van der Waals surface area contributed by atoms with Gasteiger partial charge in [0.1, 0.15) is 5.54 Å². The highest BCUT2D eigenvalue weighted by molar-refractivity contribution is 5.79. The molecule has 0 radical (unpaired) electrons. The highest BCUT2D eigenvalue weighted by Crippen LogP contribution is 2.28. The Balaban J connectivity index is 1.47. The van der Waals surface area contributed by atoms with Crippen LogP contribution in [0, 0.1) is 11.3 Å². The van der Waals surface area contributed by atoms with Crippen molar-refractivity contribution in [3.8, 4) is 6.07 Å². The van der Waals surface area contributed by atoms with Gasteiger partial charge in [-0.2, -0.15) is 5.26 Å². The van der Waals surface area contributed by atoms with Gasteiger partial charge in [-0.25, -0.2) is 0 Å². The van der Waals surface area contributed by atoms with Crippen LogP contribution < -0.4 is 10.6 Å². The minimum Gasteiger partial charge on any atom is -0.392 e. The minimum atomic E-state index is -0.648. The number of aliphatic hydroxyl groups is 1. The van der Waals surface area contributed by atoms with Crippen molar-refractivity contribution in [1.82, 2.24) is 15.5 Å². The van der Waals surface area contributed by atoms with E-state index in [1.165, 1.54) is 6.42 Å². The van der Waals surface area contributed by atoms with E-state index in [1.54, 1.807) is 0 Å². The number of carbonyl (C=O) groups excluding carboxylic acids is 1. The fourth-order valence-corrected chi connectivity index (χ4v) is 4.64. The number of hydrogen-bond acceptors (Lipinski definition) is 5. The molecule has 3 atom stereocenters. The molecule has 6 nitrogen and oxygen atoms in total. The molecule has 1 amide bonds. The Labute approximate surface area is 144 Å².